The fourth-order valence-electron chi connectivity index (χ4n) is 1.78. The summed E-state index contributed by atoms with van der Waals surface area (Å²) < 4.78 is 6.36. The number of rotatable bonds is 3. The van der Waals surface area contributed by atoms with Crippen molar-refractivity contribution < 1.29 is 4.43 Å². The van der Waals surface area contributed by atoms with Gasteiger partial charge in [-0.1, -0.05) is 50.5 Å². The number of aryl methyl sites for hydroxylation is 2. The van der Waals surface area contributed by atoms with Gasteiger partial charge in [0.25, 0.3) is 0 Å². The Morgan fingerprint density at radius 1 is 1.21 bits per heavy atom. The Hall–Kier alpha value is -1.04. The fourth-order valence-corrected chi connectivity index (χ4v) is 2.92. The summed E-state index contributed by atoms with van der Waals surface area (Å²) >= 11 is 0. The molecular weight excluding hydrogens is 248 g/mol. The van der Waals surface area contributed by atoms with Gasteiger partial charge in [0, 0.05) is 0 Å². The van der Waals surface area contributed by atoms with Crippen LogP contribution >= 0.6 is 0 Å². The normalized spacial score (nSPS) is 14.0. The zero-order valence-electron chi connectivity index (χ0n) is 13.3. The van der Waals surface area contributed by atoms with E-state index in [2.05, 4.69) is 71.8 Å². The molecule has 1 rings (SSSR count). The molecule has 1 aromatic carbocycles. The van der Waals surface area contributed by atoms with Gasteiger partial charge < -0.3 is 4.43 Å². The van der Waals surface area contributed by atoms with Crippen LogP contribution in [0, 0.1) is 26.2 Å². The second-order valence-electron chi connectivity index (χ2n) is 6.78. The Morgan fingerprint density at radius 3 is 2.21 bits per heavy atom. The average molecular weight is 274 g/mol. The van der Waals surface area contributed by atoms with Crippen molar-refractivity contribution in [1.82, 2.24) is 0 Å². The number of benzene rings is 1. The SMILES string of the molecule is C#CC(O[Si](C)(C)C(C)(C)C)c1ccc(C)cc1C. The van der Waals surface area contributed by atoms with Gasteiger partial charge in [0.15, 0.2) is 8.32 Å². The van der Waals surface area contributed by atoms with Crippen molar-refractivity contribution in [3.63, 3.8) is 0 Å². The molecule has 1 nitrogen and oxygen atoms in total. The smallest absolute Gasteiger partial charge is 0.194 e. The largest absolute Gasteiger partial charge is 0.399 e. The van der Waals surface area contributed by atoms with Crippen molar-refractivity contribution in [2.75, 3.05) is 0 Å². The average Bonchev–Trinajstić information content (AvgIpc) is 2.25. The molecule has 0 aromatic heterocycles. The van der Waals surface area contributed by atoms with E-state index in [4.69, 9.17) is 10.8 Å². The van der Waals surface area contributed by atoms with Crippen LogP contribution in [0.1, 0.15) is 43.6 Å². The first-order chi connectivity index (χ1) is 8.58. The van der Waals surface area contributed by atoms with Gasteiger partial charge in [-0.25, -0.2) is 0 Å². The number of terminal acetylenes is 1. The molecule has 0 saturated heterocycles. The Bertz CT molecular complexity index is 489. The van der Waals surface area contributed by atoms with Gasteiger partial charge in [-0.15, -0.1) is 6.42 Å². The number of hydrogen-bond acceptors (Lipinski definition) is 1. The predicted octanol–water partition coefficient (Wildman–Crippen LogP) is 5.00. The lowest BCUT2D eigenvalue weighted by atomic mass is 10.0. The second kappa shape index (κ2) is 5.52. The molecule has 0 aliphatic heterocycles. The van der Waals surface area contributed by atoms with Gasteiger partial charge in [0.1, 0.15) is 6.10 Å². The summed E-state index contributed by atoms with van der Waals surface area (Å²) in [6.45, 7) is 15.4. The fraction of sp³-hybridized carbons (Fsp3) is 0.529. The molecule has 0 aliphatic rings. The standard InChI is InChI=1S/C17H26OSi/c1-9-16(18-19(7,8)17(4,5)6)15-11-10-13(2)12-14(15)3/h1,10-12,16H,2-8H3. The highest BCUT2D eigenvalue weighted by atomic mass is 28.4. The lowest BCUT2D eigenvalue weighted by molar-refractivity contribution is 0.237. The van der Waals surface area contributed by atoms with E-state index in [1.165, 1.54) is 11.1 Å². The van der Waals surface area contributed by atoms with Crippen molar-refractivity contribution in [2.24, 2.45) is 0 Å². The van der Waals surface area contributed by atoms with Crippen LogP contribution in [0.15, 0.2) is 18.2 Å². The van der Waals surface area contributed by atoms with E-state index in [0.717, 1.165) is 5.56 Å². The minimum absolute atomic E-state index is 0.167. The number of hydrogen-bond donors (Lipinski definition) is 0. The summed E-state index contributed by atoms with van der Waals surface area (Å²) in [5, 5.41) is 0.167. The summed E-state index contributed by atoms with van der Waals surface area (Å²) in [6, 6.07) is 6.36. The van der Waals surface area contributed by atoms with Crippen LogP contribution in [0.5, 0.6) is 0 Å². The predicted molar refractivity (Wildman–Crippen MR) is 85.8 cm³/mol. The van der Waals surface area contributed by atoms with Crippen molar-refractivity contribution in [3.05, 3.63) is 34.9 Å². The maximum atomic E-state index is 6.36. The Kier molecular flexibility index (Phi) is 4.66. The van der Waals surface area contributed by atoms with E-state index in [-0.39, 0.29) is 11.1 Å². The topological polar surface area (TPSA) is 9.23 Å². The molecule has 104 valence electrons. The summed E-state index contributed by atoms with van der Waals surface area (Å²) in [5.74, 6) is 2.82. The molecule has 0 spiro atoms. The summed E-state index contributed by atoms with van der Waals surface area (Å²) in [4.78, 5) is 0. The molecule has 1 aromatic rings. The lowest BCUT2D eigenvalue weighted by Crippen LogP contribution is -2.41. The van der Waals surface area contributed by atoms with Crippen molar-refractivity contribution in [3.8, 4) is 12.3 Å². The minimum atomic E-state index is -1.85. The summed E-state index contributed by atoms with van der Waals surface area (Å²) in [5.41, 5.74) is 3.59. The molecule has 0 radical (unpaired) electrons. The first-order valence-corrected chi connectivity index (χ1v) is 9.70. The van der Waals surface area contributed by atoms with Gasteiger partial charge in [-0.3, -0.25) is 0 Å². The van der Waals surface area contributed by atoms with Crippen molar-refractivity contribution in [1.29, 1.82) is 0 Å². The summed E-state index contributed by atoms with van der Waals surface area (Å²) in [6.07, 6.45) is 5.47. The van der Waals surface area contributed by atoms with Crippen LogP contribution < -0.4 is 0 Å². The zero-order chi connectivity index (χ0) is 14.8. The van der Waals surface area contributed by atoms with Crippen LogP contribution in [-0.4, -0.2) is 8.32 Å². The first kappa shape index (κ1) is 16.0. The van der Waals surface area contributed by atoms with E-state index in [1.807, 2.05) is 0 Å². The Labute approximate surface area is 119 Å². The van der Waals surface area contributed by atoms with E-state index in [0.29, 0.717) is 0 Å². The minimum Gasteiger partial charge on any atom is -0.399 e. The highest BCUT2D eigenvalue weighted by Crippen LogP contribution is 2.40. The van der Waals surface area contributed by atoms with Crippen LogP contribution in [0.3, 0.4) is 0 Å². The van der Waals surface area contributed by atoms with Crippen LogP contribution in [0.2, 0.25) is 18.1 Å². The van der Waals surface area contributed by atoms with E-state index >= 15 is 0 Å². The zero-order valence-corrected chi connectivity index (χ0v) is 14.3. The van der Waals surface area contributed by atoms with Crippen molar-refractivity contribution >= 4 is 8.32 Å². The molecule has 0 saturated carbocycles. The van der Waals surface area contributed by atoms with Gasteiger partial charge in [-0.05, 0) is 43.1 Å². The van der Waals surface area contributed by atoms with Crippen molar-refractivity contribution in [2.45, 2.75) is 58.9 Å². The molecular formula is C17H26OSi. The Morgan fingerprint density at radius 2 is 1.79 bits per heavy atom. The third kappa shape index (κ3) is 3.71. The maximum Gasteiger partial charge on any atom is 0.194 e. The van der Waals surface area contributed by atoms with Crippen LogP contribution in [-0.2, 0) is 4.43 Å². The molecule has 0 aliphatic carbocycles. The molecule has 2 heteroatoms. The molecule has 0 fully saturated rings. The molecule has 0 heterocycles. The van der Waals surface area contributed by atoms with E-state index in [9.17, 15) is 0 Å². The Balaban J connectivity index is 3.07. The third-order valence-corrected chi connectivity index (χ3v) is 8.52. The van der Waals surface area contributed by atoms with E-state index in [1.54, 1.807) is 0 Å². The summed E-state index contributed by atoms with van der Waals surface area (Å²) in [7, 11) is -1.85. The maximum absolute atomic E-state index is 6.36. The lowest BCUT2D eigenvalue weighted by Gasteiger charge is -2.38. The highest BCUT2D eigenvalue weighted by Gasteiger charge is 2.39. The first-order valence-electron chi connectivity index (χ1n) is 6.79. The molecule has 0 amide bonds. The van der Waals surface area contributed by atoms with Gasteiger partial charge in [-0.2, -0.15) is 0 Å². The highest BCUT2D eigenvalue weighted by molar-refractivity contribution is 6.74. The molecule has 0 N–H and O–H groups in total. The van der Waals surface area contributed by atoms with E-state index < -0.39 is 8.32 Å². The third-order valence-electron chi connectivity index (χ3n) is 4.08. The monoisotopic (exact) mass is 274 g/mol. The molecule has 1 unspecified atom stereocenters. The van der Waals surface area contributed by atoms with Crippen LogP contribution in [0.4, 0.5) is 0 Å². The quantitative estimate of drug-likeness (QED) is 0.557. The van der Waals surface area contributed by atoms with Gasteiger partial charge in [0.2, 0.25) is 0 Å². The van der Waals surface area contributed by atoms with Gasteiger partial charge >= 0.3 is 0 Å². The molecule has 1 atom stereocenters. The molecule has 19 heavy (non-hydrogen) atoms. The van der Waals surface area contributed by atoms with Gasteiger partial charge in [0.05, 0.1) is 0 Å². The second-order valence-corrected chi connectivity index (χ2v) is 11.5. The molecule has 0 bridgehead atoms. The van der Waals surface area contributed by atoms with Crippen LogP contribution in [0.25, 0.3) is 0 Å².